The minimum atomic E-state index is -0.215. The first-order valence-corrected chi connectivity index (χ1v) is 10.8. The van der Waals surface area contributed by atoms with Crippen LogP contribution in [0.15, 0.2) is 85.1 Å². The molecule has 4 aromatic rings. The molecule has 1 heterocycles. The highest BCUT2D eigenvalue weighted by molar-refractivity contribution is 5.78. The van der Waals surface area contributed by atoms with Gasteiger partial charge in [0, 0.05) is 23.9 Å². The van der Waals surface area contributed by atoms with E-state index in [1.54, 1.807) is 7.11 Å². The van der Waals surface area contributed by atoms with Crippen molar-refractivity contribution in [3.63, 3.8) is 0 Å². The van der Waals surface area contributed by atoms with Crippen LogP contribution in [0.4, 0.5) is 0 Å². The lowest BCUT2D eigenvalue weighted by molar-refractivity contribution is -0.123. The van der Waals surface area contributed by atoms with Crippen molar-refractivity contribution in [2.24, 2.45) is 0 Å². The van der Waals surface area contributed by atoms with E-state index in [4.69, 9.17) is 14.6 Å². The highest BCUT2D eigenvalue weighted by Gasteiger charge is 2.14. The Bertz CT molecular complexity index is 1200. The maximum absolute atomic E-state index is 12.5. The van der Waals surface area contributed by atoms with E-state index >= 15 is 0 Å². The second-order valence-corrected chi connectivity index (χ2v) is 7.77. The Morgan fingerprint density at radius 3 is 2.42 bits per heavy atom. The number of hydrogen-bond acceptors (Lipinski definition) is 4. The molecule has 0 aliphatic rings. The van der Waals surface area contributed by atoms with Crippen molar-refractivity contribution in [1.29, 1.82) is 0 Å². The molecule has 0 fully saturated rings. The monoisotopic (exact) mass is 441 g/mol. The van der Waals surface area contributed by atoms with E-state index in [2.05, 4.69) is 17.4 Å². The van der Waals surface area contributed by atoms with Gasteiger partial charge in [-0.3, -0.25) is 9.48 Å². The summed E-state index contributed by atoms with van der Waals surface area (Å²) in [4.78, 5) is 12.5. The Hall–Kier alpha value is -4.06. The first-order valence-electron chi connectivity index (χ1n) is 10.8. The fourth-order valence-corrected chi connectivity index (χ4v) is 3.56. The quantitative estimate of drug-likeness (QED) is 0.412. The van der Waals surface area contributed by atoms with Gasteiger partial charge in [-0.1, -0.05) is 66.7 Å². The number of rotatable bonds is 9. The molecule has 1 amide bonds. The summed E-state index contributed by atoms with van der Waals surface area (Å²) in [6.07, 6.45) is 1.99. The van der Waals surface area contributed by atoms with Crippen molar-refractivity contribution < 1.29 is 14.3 Å². The van der Waals surface area contributed by atoms with Crippen LogP contribution in [0.25, 0.3) is 11.3 Å². The first-order chi connectivity index (χ1) is 16.1. The van der Waals surface area contributed by atoms with Crippen molar-refractivity contribution >= 4 is 5.91 Å². The average Bonchev–Trinajstić information content (AvgIpc) is 3.25. The van der Waals surface area contributed by atoms with Crippen LogP contribution in [0.5, 0.6) is 11.5 Å². The second-order valence-electron chi connectivity index (χ2n) is 7.77. The third-order valence-corrected chi connectivity index (χ3v) is 5.23. The Morgan fingerprint density at radius 1 is 0.970 bits per heavy atom. The van der Waals surface area contributed by atoms with Gasteiger partial charge in [-0.25, -0.2) is 0 Å². The molecule has 1 aromatic heterocycles. The van der Waals surface area contributed by atoms with Crippen LogP contribution < -0.4 is 14.8 Å². The van der Waals surface area contributed by atoms with Gasteiger partial charge >= 0.3 is 0 Å². The van der Waals surface area contributed by atoms with Gasteiger partial charge in [-0.15, -0.1) is 0 Å². The van der Waals surface area contributed by atoms with E-state index in [-0.39, 0.29) is 12.5 Å². The van der Waals surface area contributed by atoms with Crippen molar-refractivity contribution in [2.45, 2.75) is 20.0 Å². The number of benzene rings is 3. The minimum Gasteiger partial charge on any atom is -0.493 e. The zero-order valence-corrected chi connectivity index (χ0v) is 18.8. The minimum absolute atomic E-state index is 0.0990. The lowest BCUT2D eigenvalue weighted by atomic mass is 10.1. The molecule has 0 saturated carbocycles. The molecule has 0 saturated heterocycles. The van der Waals surface area contributed by atoms with E-state index in [9.17, 15) is 4.79 Å². The van der Waals surface area contributed by atoms with Crippen molar-refractivity contribution in [2.75, 3.05) is 13.7 Å². The predicted molar refractivity (Wildman–Crippen MR) is 128 cm³/mol. The number of nitrogens with one attached hydrogen (secondary N) is 1. The highest BCUT2D eigenvalue weighted by Crippen LogP contribution is 2.27. The lowest BCUT2D eigenvalue weighted by Crippen LogP contribution is -2.28. The zero-order valence-electron chi connectivity index (χ0n) is 18.8. The maximum Gasteiger partial charge on any atom is 0.258 e. The number of nitrogens with zero attached hydrogens (tertiary/aromatic N) is 2. The molecule has 33 heavy (non-hydrogen) atoms. The van der Waals surface area contributed by atoms with E-state index in [1.165, 1.54) is 0 Å². The van der Waals surface area contributed by atoms with Crippen LogP contribution in [0.1, 0.15) is 16.7 Å². The number of ether oxygens (including phenoxy) is 2. The summed E-state index contributed by atoms with van der Waals surface area (Å²) in [5, 5.41) is 7.74. The lowest BCUT2D eigenvalue weighted by Gasteiger charge is -2.11. The molecule has 3 aromatic carbocycles. The van der Waals surface area contributed by atoms with Gasteiger partial charge in [-0.2, -0.15) is 5.10 Å². The maximum atomic E-state index is 12.5. The van der Waals surface area contributed by atoms with Gasteiger partial charge in [0.15, 0.2) is 18.1 Å². The number of methoxy groups -OCH3 is 1. The second kappa shape index (κ2) is 10.5. The number of aryl methyl sites for hydroxylation is 1. The van der Waals surface area contributed by atoms with Gasteiger partial charge in [0.05, 0.1) is 19.3 Å². The summed E-state index contributed by atoms with van der Waals surface area (Å²) in [5.74, 6) is 0.933. The molecular formula is C27H27N3O3. The van der Waals surface area contributed by atoms with Crippen LogP contribution in [0, 0.1) is 6.92 Å². The van der Waals surface area contributed by atoms with Crippen LogP contribution in [-0.2, 0) is 17.9 Å². The van der Waals surface area contributed by atoms with Gasteiger partial charge in [0.1, 0.15) is 0 Å². The summed E-state index contributed by atoms with van der Waals surface area (Å²) < 4.78 is 12.9. The molecule has 0 radical (unpaired) electrons. The third-order valence-electron chi connectivity index (χ3n) is 5.23. The summed E-state index contributed by atoms with van der Waals surface area (Å²) in [7, 11) is 1.58. The molecule has 0 aliphatic carbocycles. The summed E-state index contributed by atoms with van der Waals surface area (Å²) >= 11 is 0. The fraction of sp³-hybridized carbons (Fsp3) is 0.185. The number of carbonyl (C=O) groups is 1. The summed E-state index contributed by atoms with van der Waals surface area (Å²) in [5.41, 5.74) is 5.03. The number of aromatic nitrogens is 2. The fourth-order valence-electron chi connectivity index (χ4n) is 3.56. The molecule has 4 rings (SSSR count). The van der Waals surface area contributed by atoms with Gasteiger partial charge in [-0.05, 0) is 30.2 Å². The SMILES string of the molecule is COc1cc(C)ccc1OCC(=O)NCc1cn(Cc2ccccc2)nc1-c1ccccc1. The largest absolute Gasteiger partial charge is 0.493 e. The van der Waals surface area contributed by atoms with Crippen molar-refractivity contribution in [3.8, 4) is 22.8 Å². The summed E-state index contributed by atoms with van der Waals surface area (Å²) in [6, 6.07) is 25.8. The molecule has 0 spiro atoms. The van der Waals surface area contributed by atoms with E-state index < -0.39 is 0 Å². The topological polar surface area (TPSA) is 65.4 Å². The predicted octanol–water partition coefficient (Wildman–Crippen LogP) is 4.61. The Kier molecular flexibility index (Phi) is 7.05. The zero-order chi connectivity index (χ0) is 23.0. The molecule has 0 atom stereocenters. The molecule has 0 aliphatic heterocycles. The van der Waals surface area contributed by atoms with E-state index in [0.29, 0.717) is 24.6 Å². The molecule has 0 bridgehead atoms. The standard InChI is InChI=1S/C27H27N3O3/c1-20-13-14-24(25(15-20)32-2)33-19-26(31)28-16-23-18-30(17-21-9-5-3-6-10-21)29-27(23)22-11-7-4-8-12-22/h3-15,18H,16-17,19H2,1-2H3,(H,28,31). The van der Waals surface area contributed by atoms with Crippen LogP contribution >= 0.6 is 0 Å². The van der Waals surface area contributed by atoms with Crippen LogP contribution in [0.3, 0.4) is 0 Å². The number of carbonyl (C=O) groups excluding carboxylic acids is 1. The third kappa shape index (κ3) is 5.80. The van der Waals surface area contributed by atoms with Gasteiger partial charge in [0.25, 0.3) is 5.91 Å². The smallest absolute Gasteiger partial charge is 0.258 e. The Balaban J connectivity index is 1.44. The molecule has 1 N–H and O–H groups in total. The Labute approximate surface area is 193 Å². The molecular weight excluding hydrogens is 414 g/mol. The Morgan fingerprint density at radius 2 is 1.70 bits per heavy atom. The molecule has 0 unspecified atom stereocenters. The first kappa shape index (κ1) is 22.1. The van der Waals surface area contributed by atoms with E-state index in [0.717, 1.165) is 27.9 Å². The molecule has 168 valence electrons. The van der Waals surface area contributed by atoms with Gasteiger partial charge in [0.2, 0.25) is 0 Å². The summed E-state index contributed by atoms with van der Waals surface area (Å²) in [6.45, 7) is 2.89. The van der Waals surface area contributed by atoms with Gasteiger partial charge < -0.3 is 14.8 Å². The highest BCUT2D eigenvalue weighted by atomic mass is 16.5. The normalized spacial score (nSPS) is 10.6. The average molecular weight is 442 g/mol. The molecule has 6 heteroatoms. The van der Waals surface area contributed by atoms with E-state index in [1.807, 2.05) is 84.5 Å². The van der Waals surface area contributed by atoms with Crippen molar-refractivity contribution in [3.05, 3.63) is 102 Å². The van der Waals surface area contributed by atoms with Crippen molar-refractivity contribution in [1.82, 2.24) is 15.1 Å². The number of hydrogen-bond donors (Lipinski definition) is 1. The van der Waals surface area contributed by atoms with Crippen LogP contribution in [-0.4, -0.2) is 29.4 Å². The molecule has 6 nitrogen and oxygen atoms in total. The van der Waals surface area contributed by atoms with Crippen LogP contribution in [0.2, 0.25) is 0 Å². The number of amides is 1.